The molecule has 30 heavy (non-hydrogen) atoms. The van der Waals surface area contributed by atoms with Crippen molar-refractivity contribution in [2.75, 3.05) is 13.1 Å². The molecule has 5 heteroatoms. The van der Waals surface area contributed by atoms with E-state index in [9.17, 15) is 14.4 Å². The van der Waals surface area contributed by atoms with E-state index in [4.69, 9.17) is 0 Å². The molecule has 0 atom stereocenters. The maximum atomic E-state index is 12.9. The van der Waals surface area contributed by atoms with Gasteiger partial charge < -0.3 is 9.47 Å². The second kappa shape index (κ2) is 10.0. The molecule has 0 N–H and O–H groups in total. The minimum absolute atomic E-state index is 0.112. The largest absolute Gasteiger partial charge is 0.339 e. The van der Waals surface area contributed by atoms with E-state index in [1.54, 1.807) is 10.8 Å². The van der Waals surface area contributed by atoms with Crippen LogP contribution >= 0.6 is 0 Å². The second-order valence-corrected chi connectivity index (χ2v) is 7.37. The van der Waals surface area contributed by atoms with E-state index in [1.807, 2.05) is 56.3 Å². The number of carbonyl (C=O) groups is 3. The van der Waals surface area contributed by atoms with Crippen molar-refractivity contribution in [2.45, 2.75) is 39.7 Å². The molecule has 156 valence electrons. The van der Waals surface area contributed by atoms with Crippen LogP contribution in [0, 0.1) is 0 Å². The zero-order chi connectivity index (χ0) is 21.5. The van der Waals surface area contributed by atoms with Gasteiger partial charge in [-0.2, -0.15) is 0 Å². The Bertz CT molecular complexity index is 1030. The van der Waals surface area contributed by atoms with Crippen LogP contribution in [-0.4, -0.2) is 40.0 Å². The molecule has 0 aliphatic rings. The molecule has 1 amide bonds. The van der Waals surface area contributed by atoms with Crippen LogP contribution in [-0.2, 0) is 22.6 Å². The summed E-state index contributed by atoms with van der Waals surface area (Å²) in [5.74, 6) is -0.914. The summed E-state index contributed by atoms with van der Waals surface area (Å²) in [5.41, 5.74) is 2.38. The highest BCUT2D eigenvalue weighted by atomic mass is 16.2. The van der Waals surface area contributed by atoms with Crippen molar-refractivity contribution < 1.29 is 14.4 Å². The predicted molar refractivity (Wildman–Crippen MR) is 119 cm³/mol. The van der Waals surface area contributed by atoms with E-state index in [-0.39, 0.29) is 12.3 Å². The van der Waals surface area contributed by atoms with Gasteiger partial charge >= 0.3 is 0 Å². The zero-order valence-electron chi connectivity index (χ0n) is 17.6. The standard InChI is InChI=1S/C25H28N2O3/c1-3-26(4-2)25(30)24(29)22-18-27(23-16-9-8-15-21(22)23)17-20(28)14-10-13-19-11-6-5-7-12-19/h5-9,11-12,15-16,18H,3-4,10,13-14,17H2,1-2H3. The van der Waals surface area contributed by atoms with Gasteiger partial charge in [-0.25, -0.2) is 0 Å². The first-order valence-corrected chi connectivity index (χ1v) is 10.5. The van der Waals surface area contributed by atoms with E-state index in [2.05, 4.69) is 12.1 Å². The number of fused-ring (bicyclic) bond motifs is 1. The summed E-state index contributed by atoms with van der Waals surface area (Å²) >= 11 is 0. The van der Waals surface area contributed by atoms with E-state index < -0.39 is 11.7 Å². The third-order valence-electron chi connectivity index (χ3n) is 5.39. The van der Waals surface area contributed by atoms with E-state index >= 15 is 0 Å². The lowest BCUT2D eigenvalue weighted by Gasteiger charge is -2.17. The smallest absolute Gasteiger partial charge is 0.295 e. The maximum Gasteiger partial charge on any atom is 0.295 e. The SMILES string of the molecule is CCN(CC)C(=O)C(=O)c1cn(CC(=O)CCCc2ccccc2)c2ccccc12. The summed E-state index contributed by atoms with van der Waals surface area (Å²) < 4.78 is 1.79. The molecule has 0 fully saturated rings. The van der Waals surface area contributed by atoms with Crippen molar-refractivity contribution in [1.29, 1.82) is 0 Å². The zero-order valence-corrected chi connectivity index (χ0v) is 17.6. The molecule has 1 heterocycles. The first-order valence-electron chi connectivity index (χ1n) is 10.5. The number of aromatic nitrogens is 1. The summed E-state index contributed by atoms with van der Waals surface area (Å²) in [6.45, 7) is 4.87. The maximum absolute atomic E-state index is 12.9. The third kappa shape index (κ3) is 4.85. The molecule has 0 radical (unpaired) electrons. The number of nitrogens with zero attached hydrogens (tertiary/aromatic N) is 2. The first kappa shape index (κ1) is 21.5. The van der Waals surface area contributed by atoms with Crippen LogP contribution in [0.25, 0.3) is 10.9 Å². The fourth-order valence-electron chi connectivity index (χ4n) is 3.73. The highest BCUT2D eigenvalue weighted by Crippen LogP contribution is 2.23. The summed E-state index contributed by atoms with van der Waals surface area (Å²) in [5, 5.41) is 0.708. The molecule has 0 saturated carbocycles. The monoisotopic (exact) mass is 404 g/mol. The molecule has 0 spiro atoms. The molecule has 1 aromatic heterocycles. The van der Waals surface area contributed by atoms with Gasteiger partial charge in [-0.1, -0.05) is 48.5 Å². The minimum Gasteiger partial charge on any atom is -0.339 e. The Kier molecular flexibility index (Phi) is 7.17. The molecule has 0 unspecified atom stereocenters. The molecule has 0 saturated heterocycles. The van der Waals surface area contributed by atoms with Gasteiger partial charge in [0.05, 0.1) is 12.1 Å². The van der Waals surface area contributed by atoms with Crippen LogP contribution in [0.5, 0.6) is 0 Å². The number of aryl methyl sites for hydroxylation is 1. The van der Waals surface area contributed by atoms with E-state index in [0.29, 0.717) is 30.5 Å². The highest BCUT2D eigenvalue weighted by molar-refractivity contribution is 6.44. The molecule has 0 aliphatic carbocycles. The fourth-order valence-corrected chi connectivity index (χ4v) is 3.73. The average molecular weight is 405 g/mol. The molecule has 0 bridgehead atoms. The summed E-state index contributed by atoms with van der Waals surface area (Å²) in [6, 6.07) is 17.5. The van der Waals surface area contributed by atoms with Crippen LogP contribution in [0.15, 0.2) is 60.8 Å². The van der Waals surface area contributed by atoms with Gasteiger partial charge in [-0.3, -0.25) is 14.4 Å². The van der Waals surface area contributed by atoms with Gasteiger partial charge in [0.1, 0.15) is 0 Å². The molecule has 5 nitrogen and oxygen atoms in total. The molecule has 2 aromatic carbocycles. The number of amides is 1. The van der Waals surface area contributed by atoms with Crippen LogP contribution in [0.2, 0.25) is 0 Å². The van der Waals surface area contributed by atoms with E-state index in [0.717, 1.165) is 18.4 Å². The normalized spacial score (nSPS) is 10.9. The van der Waals surface area contributed by atoms with Crippen molar-refractivity contribution >= 4 is 28.4 Å². The Morgan fingerprint density at radius 2 is 1.57 bits per heavy atom. The van der Waals surface area contributed by atoms with Crippen LogP contribution in [0.1, 0.15) is 42.6 Å². The number of hydrogen-bond donors (Lipinski definition) is 0. The Labute approximate surface area is 177 Å². The Hall–Kier alpha value is -3.21. The van der Waals surface area contributed by atoms with Gasteiger partial charge in [0, 0.05) is 36.6 Å². The lowest BCUT2D eigenvalue weighted by atomic mass is 10.1. The number of carbonyl (C=O) groups excluding carboxylic acids is 3. The van der Waals surface area contributed by atoms with Crippen LogP contribution < -0.4 is 0 Å². The number of ketones is 2. The molecular formula is C25H28N2O3. The van der Waals surface area contributed by atoms with Gasteiger partial charge in [0.2, 0.25) is 0 Å². The van der Waals surface area contributed by atoms with Crippen molar-refractivity contribution in [1.82, 2.24) is 9.47 Å². The van der Waals surface area contributed by atoms with Crippen molar-refractivity contribution in [2.24, 2.45) is 0 Å². The van der Waals surface area contributed by atoms with Crippen LogP contribution in [0.3, 0.4) is 0 Å². The Morgan fingerprint density at radius 1 is 0.900 bits per heavy atom. The number of likely N-dealkylation sites (N-methyl/N-ethyl adjacent to an activating group) is 1. The Balaban J connectivity index is 1.74. The topological polar surface area (TPSA) is 59.4 Å². The van der Waals surface area contributed by atoms with Gasteiger partial charge in [0.15, 0.2) is 5.78 Å². The number of hydrogen-bond acceptors (Lipinski definition) is 3. The predicted octanol–water partition coefficient (Wildman–Crippen LogP) is 4.28. The minimum atomic E-state index is -0.523. The fraction of sp³-hybridized carbons (Fsp3) is 0.320. The average Bonchev–Trinajstić information content (AvgIpc) is 3.13. The molecule has 3 rings (SSSR count). The highest BCUT2D eigenvalue weighted by Gasteiger charge is 2.25. The van der Waals surface area contributed by atoms with Gasteiger partial charge in [-0.05, 0) is 38.3 Å². The second-order valence-electron chi connectivity index (χ2n) is 7.37. The number of Topliss-reactive ketones (excluding diaryl/α,β-unsaturated/α-hetero) is 2. The first-order chi connectivity index (χ1) is 14.5. The molecule has 3 aromatic rings. The van der Waals surface area contributed by atoms with Crippen molar-refractivity contribution in [3.63, 3.8) is 0 Å². The molecular weight excluding hydrogens is 376 g/mol. The number of rotatable bonds is 10. The summed E-state index contributed by atoms with van der Waals surface area (Å²) in [7, 11) is 0. The molecule has 0 aliphatic heterocycles. The summed E-state index contributed by atoms with van der Waals surface area (Å²) in [6.07, 6.45) is 3.78. The lowest BCUT2D eigenvalue weighted by Crippen LogP contribution is -2.36. The van der Waals surface area contributed by atoms with E-state index in [1.165, 1.54) is 10.5 Å². The van der Waals surface area contributed by atoms with Gasteiger partial charge in [0.25, 0.3) is 11.7 Å². The third-order valence-corrected chi connectivity index (χ3v) is 5.39. The van der Waals surface area contributed by atoms with Crippen molar-refractivity contribution in [3.8, 4) is 0 Å². The Morgan fingerprint density at radius 3 is 2.27 bits per heavy atom. The van der Waals surface area contributed by atoms with Gasteiger partial charge in [-0.15, -0.1) is 0 Å². The number of para-hydroxylation sites is 1. The summed E-state index contributed by atoms with van der Waals surface area (Å²) in [4.78, 5) is 39.5. The lowest BCUT2D eigenvalue weighted by molar-refractivity contribution is -0.126. The van der Waals surface area contributed by atoms with Crippen LogP contribution in [0.4, 0.5) is 0 Å². The quantitative estimate of drug-likeness (QED) is 0.374. The van der Waals surface area contributed by atoms with Crippen molar-refractivity contribution in [3.05, 3.63) is 71.9 Å². The number of benzene rings is 2.